The van der Waals surface area contributed by atoms with Gasteiger partial charge in [-0.05, 0) is 37.0 Å². The van der Waals surface area contributed by atoms with Crippen molar-refractivity contribution in [1.82, 2.24) is 5.48 Å². The first-order chi connectivity index (χ1) is 7.73. The second kappa shape index (κ2) is 7.00. The summed E-state index contributed by atoms with van der Waals surface area (Å²) >= 11 is 0. The molecule has 0 saturated carbocycles. The van der Waals surface area contributed by atoms with Crippen LogP contribution in [0.15, 0.2) is 0 Å². The molecule has 1 amide bonds. The molecule has 0 aromatic rings. The van der Waals surface area contributed by atoms with E-state index in [1.54, 1.807) is 0 Å². The zero-order valence-electron chi connectivity index (χ0n) is 12.2. The van der Waals surface area contributed by atoms with Gasteiger partial charge in [0.05, 0.1) is 5.41 Å². The number of hydrogen-bond donors (Lipinski definition) is 2. The third kappa shape index (κ3) is 5.53. The zero-order valence-corrected chi connectivity index (χ0v) is 12.2. The molecule has 0 radical (unpaired) electrons. The fourth-order valence-electron chi connectivity index (χ4n) is 2.99. The van der Waals surface area contributed by atoms with E-state index in [4.69, 9.17) is 5.21 Å². The van der Waals surface area contributed by atoms with Crippen LogP contribution < -0.4 is 5.48 Å². The molecule has 102 valence electrons. The zero-order chi connectivity index (χ0) is 13.6. The molecule has 0 aromatic carbocycles. The van der Waals surface area contributed by atoms with Crippen LogP contribution in [-0.2, 0) is 4.79 Å². The van der Waals surface area contributed by atoms with Gasteiger partial charge in [-0.1, -0.05) is 41.5 Å². The number of carbonyl (C=O) groups is 1. The van der Waals surface area contributed by atoms with Gasteiger partial charge in [-0.2, -0.15) is 0 Å². The molecule has 0 aliphatic carbocycles. The second-order valence-corrected chi connectivity index (χ2v) is 6.52. The average molecular weight is 243 g/mol. The van der Waals surface area contributed by atoms with E-state index in [1.807, 2.05) is 5.48 Å². The number of hydrogen-bond acceptors (Lipinski definition) is 2. The molecule has 0 saturated heterocycles. The van der Waals surface area contributed by atoms with Crippen LogP contribution >= 0.6 is 0 Å². The van der Waals surface area contributed by atoms with Gasteiger partial charge in [-0.15, -0.1) is 0 Å². The molecule has 3 nitrogen and oxygen atoms in total. The molecule has 0 unspecified atom stereocenters. The largest absolute Gasteiger partial charge is 0.289 e. The van der Waals surface area contributed by atoms with Crippen molar-refractivity contribution in [2.75, 3.05) is 0 Å². The van der Waals surface area contributed by atoms with Gasteiger partial charge in [0.25, 0.3) is 0 Å². The molecule has 2 N–H and O–H groups in total. The highest BCUT2D eigenvalue weighted by Crippen LogP contribution is 2.39. The third-order valence-corrected chi connectivity index (χ3v) is 2.98. The Hall–Kier alpha value is -0.570. The minimum Gasteiger partial charge on any atom is -0.289 e. The van der Waals surface area contributed by atoms with E-state index in [-0.39, 0.29) is 5.91 Å². The Morgan fingerprint density at radius 3 is 1.41 bits per heavy atom. The Bertz CT molecular complexity index is 208. The maximum absolute atomic E-state index is 12.1. The van der Waals surface area contributed by atoms with Crippen LogP contribution in [0, 0.1) is 23.2 Å². The third-order valence-electron chi connectivity index (χ3n) is 2.98. The van der Waals surface area contributed by atoms with Crippen molar-refractivity contribution >= 4 is 5.91 Å². The molecule has 0 heterocycles. The molecular weight excluding hydrogens is 214 g/mol. The van der Waals surface area contributed by atoms with Gasteiger partial charge in [0.15, 0.2) is 0 Å². The van der Waals surface area contributed by atoms with Crippen molar-refractivity contribution in [2.45, 2.75) is 60.8 Å². The first-order valence-corrected chi connectivity index (χ1v) is 6.68. The maximum atomic E-state index is 12.1. The van der Waals surface area contributed by atoms with Crippen LogP contribution in [-0.4, -0.2) is 11.1 Å². The Balaban J connectivity index is 5.11. The highest BCUT2D eigenvalue weighted by molar-refractivity contribution is 5.81. The fourth-order valence-corrected chi connectivity index (χ4v) is 2.99. The SMILES string of the molecule is CC(C)CC(CC(C)C)(CC(C)C)C(=O)NO. The van der Waals surface area contributed by atoms with Gasteiger partial charge >= 0.3 is 0 Å². The lowest BCUT2D eigenvalue weighted by Gasteiger charge is -2.36. The molecule has 0 bridgehead atoms. The lowest BCUT2D eigenvalue weighted by Crippen LogP contribution is -2.42. The average Bonchev–Trinajstić information content (AvgIpc) is 2.12. The van der Waals surface area contributed by atoms with E-state index >= 15 is 0 Å². The minimum absolute atomic E-state index is 0.214. The molecule has 0 fully saturated rings. The summed E-state index contributed by atoms with van der Waals surface area (Å²) in [4.78, 5) is 12.1. The fraction of sp³-hybridized carbons (Fsp3) is 0.929. The van der Waals surface area contributed by atoms with Gasteiger partial charge < -0.3 is 0 Å². The molecular formula is C14H29NO2. The van der Waals surface area contributed by atoms with Gasteiger partial charge in [0.1, 0.15) is 0 Å². The second-order valence-electron chi connectivity index (χ2n) is 6.52. The summed E-state index contributed by atoms with van der Waals surface area (Å²) in [6.07, 6.45) is 2.49. The Kier molecular flexibility index (Phi) is 6.76. The van der Waals surface area contributed by atoms with Gasteiger partial charge in [-0.3, -0.25) is 10.0 Å². The number of hydroxylamine groups is 1. The number of rotatable bonds is 7. The lowest BCUT2D eigenvalue weighted by molar-refractivity contribution is -0.143. The van der Waals surface area contributed by atoms with Crippen molar-refractivity contribution < 1.29 is 10.0 Å². The van der Waals surface area contributed by atoms with Crippen molar-refractivity contribution in [3.05, 3.63) is 0 Å². The standard InChI is InChI=1S/C14H29NO2/c1-10(2)7-14(8-11(3)4,9-12(5)6)13(16)15-17/h10-12,17H,7-9H2,1-6H3,(H,15,16). The molecule has 0 aliphatic rings. The van der Waals surface area contributed by atoms with Crippen LogP contribution in [0.5, 0.6) is 0 Å². The molecule has 3 heteroatoms. The molecule has 0 rings (SSSR count). The quantitative estimate of drug-likeness (QED) is 0.530. The van der Waals surface area contributed by atoms with Gasteiger partial charge in [-0.25, -0.2) is 5.48 Å². The number of nitrogens with one attached hydrogen (secondary N) is 1. The summed E-state index contributed by atoms with van der Waals surface area (Å²) in [5.74, 6) is 1.13. The Labute approximate surface area is 106 Å². The first-order valence-electron chi connectivity index (χ1n) is 6.68. The predicted octanol–water partition coefficient (Wildman–Crippen LogP) is 3.62. The molecule has 0 aromatic heterocycles. The predicted molar refractivity (Wildman–Crippen MR) is 70.7 cm³/mol. The summed E-state index contributed by atoms with van der Waals surface area (Å²) in [5, 5.41) is 9.01. The summed E-state index contributed by atoms with van der Waals surface area (Å²) in [6, 6.07) is 0. The van der Waals surface area contributed by atoms with Crippen molar-refractivity contribution in [3.8, 4) is 0 Å². The van der Waals surface area contributed by atoms with E-state index in [0.717, 1.165) is 19.3 Å². The maximum Gasteiger partial charge on any atom is 0.249 e. The highest BCUT2D eigenvalue weighted by Gasteiger charge is 2.39. The summed E-state index contributed by atoms with van der Waals surface area (Å²) in [5.41, 5.74) is 1.46. The smallest absolute Gasteiger partial charge is 0.249 e. The summed E-state index contributed by atoms with van der Waals surface area (Å²) in [7, 11) is 0. The van der Waals surface area contributed by atoms with E-state index in [2.05, 4.69) is 41.5 Å². The van der Waals surface area contributed by atoms with E-state index in [0.29, 0.717) is 17.8 Å². The van der Waals surface area contributed by atoms with Crippen LogP contribution in [0.3, 0.4) is 0 Å². The van der Waals surface area contributed by atoms with E-state index in [1.165, 1.54) is 0 Å². The van der Waals surface area contributed by atoms with Gasteiger partial charge in [0.2, 0.25) is 5.91 Å². The summed E-state index contributed by atoms with van der Waals surface area (Å²) < 4.78 is 0. The van der Waals surface area contributed by atoms with Crippen LogP contribution in [0.2, 0.25) is 0 Å². The van der Waals surface area contributed by atoms with Crippen LogP contribution in [0.4, 0.5) is 0 Å². The Morgan fingerprint density at radius 1 is 0.941 bits per heavy atom. The lowest BCUT2D eigenvalue weighted by atomic mass is 9.69. The van der Waals surface area contributed by atoms with Crippen LogP contribution in [0.25, 0.3) is 0 Å². The first kappa shape index (κ1) is 16.4. The van der Waals surface area contributed by atoms with Crippen molar-refractivity contribution in [3.63, 3.8) is 0 Å². The normalized spacial score (nSPS) is 12.6. The molecule has 0 atom stereocenters. The molecule has 0 aliphatic heterocycles. The topological polar surface area (TPSA) is 49.3 Å². The van der Waals surface area contributed by atoms with Gasteiger partial charge in [0, 0.05) is 0 Å². The number of carbonyl (C=O) groups excluding carboxylic acids is 1. The van der Waals surface area contributed by atoms with Crippen molar-refractivity contribution in [1.29, 1.82) is 0 Å². The minimum atomic E-state index is -0.425. The summed E-state index contributed by atoms with van der Waals surface area (Å²) in [6.45, 7) is 12.8. The van der Waals surface area contributed by atoms with Crippen LogP contribution in [0.1, 0.15) is 60.8 Å². The number of amides is 1. The Morgan fingerprint density at radius 2 is 1.24 bits per heavy atom. The van der Waals surface area contributed by atoms with E-state index < -0.39 is 5.41 Å². The molecule has 0 spiro atoms. The van der Waals surface area contributed by atoms with E-state index in [9.17, 15) is 4.79 Å². The highest BCUT2D eigenvalue weighted by atomic mass is 16.5. The molecule has 17 heavy (non-hydrogen) atoms. The van der Waals surface area contributed by atoms with Crippen molar-refractivity contribution in [2.24, 2.45) is 23.2 Å². The monoisotopic (exact) mass is 243 g/mol.